The molecule has 0 spiro atoms. The van der Waals surface area contributed by atoms with Gasteiger partial charge in [0.1, 0.15) is 0 Å². The Morgan fingerprint density at radius 2 is 1.67 bits per heavy atom. The van der Waals surface area contributed by atoms with Crippen LogP contribution in [0.4, 0.5) is 13.2 Å². The number of carbonyl (C=O) groups is 3. The van der Waals surface area contributed by atoms with Crippen molar-refractivity contribution in [1.29, 1.82) is 0 Å². The Bertz CT molecular complexity index is 1260. The van der Waals surface area contributed by atoms with Crippen LogP contribution in [0.5, 0.6) is 0 Å². The van der Waals surface area contributed by atoms with Crippen molar-refractivity contribution in [3.05, 3.63) is 45.5 Å². The second-order valence-electron chi connectivity index (χ2n) is 11.2. The highest BCUT2D eigenvalue weighted by Crippen LogP contribution is 2.44. The summed E-state index contributed by atoms with van der Waals surface area (Å²) >= 11 is 12.2. The lowest BCUT2D eigenvalue weighted by atomic mass is 9.70. The van der Waals surface area contributed by atoms with Crippen molar-refractivity contribution in [3.8, 4) is 0 Å². The third-order valence-corrected chi connectivity index (χ3v) is 8.68. The quantitative estimate of drug-likeness (QED) is 0.361. The van der Waals surface area contributed by atoms with Gasteiger partial charge in [0.25, 0.3) is 5.91 Å². The van der Waals surface area contributed by atoms with Crippen LogP contribution in [-0.2, 0) is 11.0 Å². The summed E-state index contributed by atoms with van der Waals surface area (Å²) in [4.78, 5) is 43.4. The molecular formula is C26H29Cl2F3N4O4. The maximum absolute atomic E-state index is 14.4. The lowest BCUT2D eigenvalue weighted by Gasteiger charge is -2.42. The number of carboxylic acid groups (broad SMARTS) is 1. The number of ketones is 1. The number of hydrogen-bond acceptors (Lipinski definition) is 5. The Hall–Kier alpha value is -2.66. The molecule has 1 amide bonds. The van der Waals surface area contributed by atoms with Gasteiger partial charge in [0, 0.05) is 18.9 Å². The fourth-order valence-electron chi connectivity index (χ4n) is 5.48. The first-order valence-electron chi connectivity index (χ1n) is 12.6. The average Bonchev–Trinajstić information content (AvgIpc) is 3.28. The van der Waals surface area contributed by atoms with Gasteiger partial charge >= 0.3 is 12.1 Å². The van der Waals surface area contributed by atoms with E-state index >= 15 is 0 Å². The average molecular weight is 589 g/mol. The van der Waals surface area contributed by atoms with Crippen molar-refractivity contribution in [1.82, 2.24) is 19.7 Å². The van der Waals surface area contributed by atoms with Gasteiger partial charge in [0.2, 0.25) is 0 Å². The van der Waals surface area contributed by atoms with Gasteiger partial charge in [-0.15, -0.1) is 0 Å². The fourth-order valence-corrected chi connectivity index (χ4v) is 6.05. The number of halogens is 5. The molecule has 2 aromatic heterocycles. The maximum Gasteiger partial charge on any atom is 0.433 e. The lowest BCUT2D eigenvalue weighted by molar-refractivity contribution is -0.152. The Morgan fingerprint density at radius 3 is 2.15 bits per heavy atom. The number of amides is 1. The number of alkyl halides is 3. The number of carbonyl (C=O) groups excluding carboxylic acids is 2. The normalized spacial score (nSPS) is 22.7. The summed E-state index contributed by atoms with van der Waals surface area (Å²) in [6.45, 7) is 3.04. The van der Waals surface area contributed by atoms with Crippen LogP contribution in [0.15, 0.2) is 18.6 Å². The molecule has 4 rings (SSSR count). The summed E-state index contributed by atoms with van der Waals surface area (Å²) in [6, 6.07) is -0.718. The number of carboxylic acids is 1. The molecule has 2 aliphatic rings. The van der Waals surface area contributed by atoms with Crippen LogP contribution in [0.2, 0.25) is 10.0 Å². The van der Waals surface area contributed by atoms with E-state index in [-0.39, 0.29) is 53.3 Å². The second kappa shape index (κ2) is 10.7. The molecule has 0 unspecified atom stereocenters. The lowest BCUT2D eigenvalue weighted by Crippen LogP contribution is -2.46. The van der Waals surface area contributed by atoms with E-state index in [0.29, 0.717) is 0 Å². The van der Waals surface area contributed by atoms with Crippen LogP contribution in [-0.4, -0.2) is 55.5 Å². The van der Waals surface area contributed by atoms with E-state index in [4.69, 9.17) is 23.2 Å². The molecule has 0 bridgehead atoms. The highest BCUT2D eigenvalue weighted by atomic mass is 35.5. The number of pyridine rings is 1. The van der Waals surface area contributed by atoms with Gasteiger partial charge in [0.05, 0.1) is 45.4 Å². The van der Waals surface area contributed by atoms with Crippen molar-refractivity contribution in [2.45, 2.75) is 71.0 Å². The molecule has 8 nitrogen and oxygen atoms in total. The summed E-state index contributed by atoms with van der Waals surface area (Å²) in [7, 11) is 0. The molecular weight excluding hydrogens is 560 g/mol. The van der Waals surface area contributed by atoms with Crippen LogP contribution in [0.25, 0.3) is 0 Å². The molecule has 2 fully saturated rings. The van der Waals surface area contributed by atoms with Crippen molar-refractivity contribution < 1.29 is 32.7 Å². The number of rotatable bonds is 8. The number of hydrogen-bond donors (Lipinski definition) is 1. The summed E-state index contributed by atoms with van der Waals surface area (Å²) in [5, 5.41) is 13.4. The molecule has 212 valence electrons. The Morgan fingerprint density at radius 1 is 1.08 bits per heavy atom. The van der Waals surface area contributed by atoms with Crippen molar-refractivity contribution >= 4 is 40.9 Å². The van der Waals surface area contributed by atoms with Crippen LogP contribution < -0.4 is 0 Å². The topological polar surface area (TPSA) is 105 Å². The number of aliphatic carboxylic acids is 1. The van der Waals surface area contributed by atoms with E-state index < -0.39 is 53.1 Å². The number of aromatic nitrogens is 3. The van der Waals surface area contributed by atoms with Gasteiger partial charge in [-0.05, 0) is 50.9 Å². The van der Waals surface area contributed by atoms with Gasteiger partial charge in [-0.2, -0.15) is 18.3 Å². The zero-order valence-corrected chi connectivity index (χ0v) is 23.0. The predicted molar refractivity (Wildman–Crippen MR) is 137 cm³/mol. The van der Waals surface area contributed by atoms with Crippen molar-refractivity contribution in [2.24, 2.45) is 10.8 Å². The van der Waals surface area contributed by atoms with Crippen LogP contribution in [0.1, 0.15) is 91.2 Å². The minimum Gasteiger partial charge on any atom is -0.481 e. The minimum atomic E-state index is -4.91. The van der Waals surface area contributed by atoms with Crippen LogP contribution in [0, 0.1) is 10.8 Å². The molecule has 39 heavy (non-hydrogen) atoms. The highest BCUT2D eigenvalue weighted by molar-refractivity contribution is 6.39. The van der Waals surface area contributed by atoms with Crippen LogP contribution >= 0.6 is 23.2 Å². The number of Topliss-reactive ketones (excluding diaryl/α,β-unsaturated/α-hetero) is 1. The van der Waals surface area contributed by atoms with E-state index in [1.54, 1.807) is 6.92 Å². The molecule has 0 aliphatic heterocycles. The first kappa shape index (κ1) is 29.3. The molecule has 13 heteroatoms. The Labute approximate surface area is 233 Å². The number of nitrogens with zero attached hydrogens (tertiary/aromatic N) is 4. The van der Waals surface area contributed by atoms with E-state index in [2.05, 4.69) is 10.1 Å². The first-order valence-corrected chi connectivity index (χ1v) is 13.4. The summed E-state index contributed by atoms with van der Waals surface area (Å²) in [5.41, 5.74) is -3.28. The molecule has 0 atom stereocenters. The molecule has 1 N–H and O–H groups in total. The predicted octanol–water partition coefficient (Wildman–Crippen LogP) is 6.33. The molecule has 0 radical (unpaired) electrons. The van der Waals surface area contributed by atoms with Crippen molar-refractivity contribution in [3.63, 3.8) is 0 Å². The molecule has 2 heterocycles. The van der Waals surface area contributed by atoms with Gasteiger partial charge in [-0.25, -0.2) is 0 Å². The zero-order valence-electron chi connectivity index (χ0n) is 21.5. The monoisotopic (exact) mass is 588 g/mol. The van der Waals surface area contributed by atoms with Gasteiger partial charge < -0.3 is 10.0 Å². The Balaban J connectivity index is 1.67. The Kier molecular flexibility index (Phi) is 8.06. The van der Waals surface area contributed by atoms with Gasteiger partial charge in [-0.3, -0.25) is 24.0 Å². The molecule has 2 saturated carbocycles. The molecule has 0 saturated heterocycles. The molecule has 0 aromatic carbocycles. The van der Waals surface area contributed by atoms with E-state index in [1.165, 1.54) is 12.4 Å². The fraction of sp³-hybridized carbons (Fsp3) is 0.577. The summed E-state index contributed by atoms with van der Waals surface area (Å²) < 4.78 is 44.0. The highest BCUT2D eigenvalue weighted by Gasteiger charge is 2.46. The van der Waals surface area contributed by atoms with E-state index in [1.807, 2.05) is 6.92 Å². The largest absolute Gasteiger partial charge is 0.481 e. The van der Waals surface area contributed by atoms with Crippen molar-refractivity contribution in [2.75, 3.05) is 13.1 Å². The smallest absolute Gasteiger partial charge is 0.433 e. The molecule has 2 aromatic rings. The van der Waals surface area contributed by atoms with Gasteiger partial charge in [0.15, 0.2) is 11.5 Å². The SMILES string of the molecule is CC1(CN(CC(=O)c2c(Cl)cncc2Cl)C(=O)c2cnn([C@H]3CC[C@](C)(C(=O)O)CC3)c2C(F)(F)F)CCC1. The zero-order chi connectivity index (χ0) is 28.8. The minimum absolute atomic E-state index is 0.0239. The third-order valence-electron chi connectivity index (χ3n) is 8.10. The summed E-state index contributed by atoms with van der Waals surface area (Å²) in [5.74, 6) is -2.58. The standard InChI is InChI=1S/C26H29Cl2F3N4O4/c1-24(6-3-7-24)14-34(13-19(36)20-17(27)11-32-12-18(20)28)22(37)16-10-33-35(21(16)26(29,30)31)15-4-8-25(2,9-5-15)23(38)39/h10-12,15H,3-9,13-14H2,1-2H3,(H,38,39)/t15-,25-. The second-order valence-corrected chi connectivity index (χ2v) is 12.0. The molecule has 2 aliphatic carbocycles. The van der Waals surface area contributed by atoms with Gasteiger partial charge in [-0.1, -0.05) is 36.5 Å². The first-order chi connectivity index (χ1) is 18.2. The van der Waals surface area contributed by atoms with Crippen LogP contribution in [0.3, 0.4) is 0 Å². The van der Waals surface area contributed by atoms with E-state index in [9.17, 15) is 32.7 Å². The van der Waals surface area contributed by atoms with E-state index in [0.717, 1.165) is 35.0 Å². The third kappa shape index (κ3) is 5.94. The summed E-state index contributed by atoms with van der Waals surface area (Å²) in [6.07, 6.45) is 1.57. The maximum atomic E-state index is 14.4.